The van der Waals surface area contributed by atoms with E-state index in [9.17, 15) is 13.2 Å². The summed E-state index contributed by atoms with van der Waals surface area (Å²) in [6, 6.07) is 15.6. The van der Waals surface area contributed by atoms with Gasteiger partial charge in [0.15, 0.2) is 5.54 Å². The molecule has 46 heavy (non-hydrogen) atoms. The predicted octanol–water partition coefficient (Wildman–Crippen LogP) is 4.73. The van der Waals surface area contributed by atoms with E-state index in [1.165, 1.54) is 43.4 Å². The van der Waals surface area contributed by atoms with E-state index in [1.54, 1.807) is 32.3 Å². The molecule has 5 rings (SSSR count). The third kappa shape index (κ3) is 5.53. The maximum absolute atomic E-state index is 15.3. The summed E-state index contributed by atoms with van der Waals surface area (Å²) in [7, 11) is 1.94. The van der Waals surface area contributed by atoms with E-state index >= 15 is 4.79 Å². The van der Waals surface area contributed by atoms with Gasteiger partial charge in [-0.3, -0.25) is 19.4 Å². The first kappa shape index (κ1) is 33.7. The summed E-state index contributed by atoms with van der Waals surface area (Å²) < 4.78 is 41.0. The molecule has 0 aromatic heterocycles. The highest BCUT2D eigenvalue weighted by Crippen LogP contribution is 2.55. The Morgan fingerprint density at radius 3 is 2.28 bits per heavy atom. The molecule has 2 aliphatic rings. The Labute approximate surface area is 276 Å². The van der Waals surface area contributed by atoms with Gasteiger partial charge in [-0.2, -0.15) is 0 Å². The van der Waals surface area contributed by atoms with E-state index in [0.717, 1.165) is 23.0 Å². The van der Waals surface area contributed by atoms with Crippen molar-refractivity contribution in [3.8, 4) is 11.5 Å². The molecule has 2 amide bonds. The fraction of sp³-hybridized carbons (Fsp3) is 0.412. The maximum Gasteiger partial charge on any atom is 0.271 e. The number of likely N-dealkylation sites (N-methyl/N-ethyl adjacent to an activating group) is 1. The van der Waals surface area contributed by atoms with Gasteiger partial charge in [0, 0.05) is 43.3 Å². The molecule has 0 bridgehead atoms. The molecule has 1 unspecified atom stereocenters. The number of hydrogen-bond donors (Lipinski definition) is 0. The van der Waals surface area contributed by atoms with Crippen molar-refractivity contribution < 1.29 is 27.5 Å². The number of likely N-dealkylation sites (tertiary alicyclic amines) is 1. The van der Waals surface area contributed by atoms with Gasteiger partial charge in [0.2, 0.25) is 5.91 Å². The minimum Gasteiger partial charge on any atom is -0.497 e. The lowest BCUT2D eigenvalue weighted by molar-refractivity contribution is -0.138. The Bertz CT molecular complexity index is 1730. The third-order valence-electron chi connectivity index (χ3n) is 9.02. The number of nitrogens with zero attached hydrogens (tertiary/aromatic N) is 4. The number of anilines is 1. The smallest absolute Gasteiger partial charge is 0.271 e. The van der Waals surface area contributed by atoms with Crippen molar-refractivity contribution in [2.45, 2.75) is 49.7 Å². The standard InChI is InChI=1S/C34H41ClN4O6S/c1-7-37(8-2)22-23-11-17-27(31(20-23)45-6)34(38-19-9-10-30(38)32(40)36(3)4)28-21-24(35)12-18-29(28)39(33(34)41)46(42,43)26-15-13-25(44-5)14-16-26/h11-18,20-21,30H,7-10,19,22H2,1-6H3/t30?,34-/m1/s1. The zero-order chi connectivity index (χ0) is 33.4. The molecule has 3 aromatic carbocycles. The average molecular weight is 669 g/mol. The fourth-order valence-corrected chi connectivity index (χ4v) is 8.32. The number of benzene rings is 3. The van der Waals surface area contributed by atoms with Gasteiger partial charge in [0.05, 0.1) is 30.8 Å². The fourth-order valence-electron chi connectivity index (χ4n) is 6.69. The first-order chi connectivity index (χ1) is 21.9. The average Bonchev–Trinajstić information content (AvgIpc) is 3.64. The summed E-state index contributed by atoms with van der Waals surface area (Å²) in [5, 5.41) is 0.325. The van der Waals surface area contributed by atoms with E-state index in [2.05, 4.69) is 18.7 Å². The Morgan fingerprint density at radius 2 is 1.67 bits per heavy atom. The lowest BCUT2D eigenvalue weighted by Gasteiger charge is -2.42. The maximum atomic E-state index is 15.3. The van der Waals surface area contributed by atoms with Crippen LogP contribution < -0.4 is 13.8 Å². The van der Waals surface area contributed by atoms with Crippen molar-refractivity contribution in [3.63, 3.8) is 0 Å². The van der Waals surface area contributed by atoms with E-state index < -0.39 is 27.5 Å². The van der Waals surface area contributed by atoms with Crippen LogP contribution in [0, 0.1) is 0 Å². The van der Waals surface area contributed by atoms with Crippen LogP contribution in [0.1, 0.15) is 43.4 Å². The monoisotopic (exact) mass is 668 g/mol. The van der Waals surface area contributed by atoms with Gasteiger partial charge in [0.25, 0.3) is 15.9 Å². The van der Waals surface area contributed by atoms with Crippen molar-refractivity contribution in [2.75, 3.05) is 52.3 Å². The molecular formula is C34H41ClN4O6S. The predicted molar refractivity (Wildman–Crippen MR) is 178 cm³/mol. The second-order valence-corrected chi connectivity index (χ2v) is 13.9. The first-order valence-corrected chi connectivity index (χ1v) is 17.2. The normalized spacial score (nSPS) is 19.9. The van der Waals surface area contributed by atoms with Gasteiger partial charge in [-0.15, -0.1) is 0 Å². The zero-order valence-electron chi connectivity index (χ0n) is 27.1. The van der Waals surface area contributed by atoms with Gasteiger partial charge in [0.1, 0.15) is 11.5 Å². The molecule has 0 radical (unpaired) electrons. The number of ether oxygens (including phenoxy) is 2. The Morgan fingerprint density at radius 1 is 0.978 bits per heavy atom. The van der Waals surface area contributed by atoms with Crippen molar-refractivity contribution in [1.82, 2.24) is 14.7 Å². The summed E-state index contributed by atoms with van der Waals surface area (Å²) in [5.74, 6) is -0.0175. The number of fused-ring (bicyclic) bond motifs is 1. The quantitative estimate of drug-likeness (QED) is 0.289. The molecule has 2 aliphatic heterocycles. The number of methoxy groups -OCH3 is 2. The van der Waals surface area contributed by atoms with Crippen LogP contribution >= 0.6 is 11.6 Å². The lowest BCUT2D eigenvalue weighted by Crippen LogP contribution is -2.59. The van der Waals surface area contributed by atoms with Crippen LogP contribution in [0.15, 0.2) is 65.6 Å². The van der Waals surface area contributed by atoms with Gasteiger partial charge < -0.3 is 14.4 Å². The highest BCUT2D eigenvalue weighted by molar-refractivity contribution is 7.93. The highest BCUT2D eigenvalue weighted by atomic mass is 35.5. The molecule has 12 heteroatoms. The second kappa shape index (κ2) is 13.2. The van der Waals surface area contributed by atoms with Crippen molar-refractivity contribution >= 4 is 39.1 Å². The summed E-state index contributed by atoms with van der Waals surface area (Å²) in [4.78, 5) is 34.6. The van der Waals surface area contributed by atoms with Crippen LogP contribution in [0.25, 0.3) is 0 Å². The second-order valence-electron chi connectivity index (χ2n) is 11.7. The number of hydrogen-bond acceptors (Lipinski definition) is 8. The topological polar surface area (TPSA) is 99.7 Å². The van der Waals surface area contributed by atoms with Crippen LogP contribution in [-0.4, -0.2) is 88.9 Å². The molecule has 10 nitrogen and oxygen atoms in total. The molecule has 0 aliphatic carbocycles. The van der Waals surface area contributed by atoms with Crippen LogP contribution in [0.3, 0.4) is 0 Å². The minimum absolute atomic E-state index is 0.0813. The SMILES string of the molecule is CCN(CC)Cc1ccc([C@]2(N3CCCC3C(=O)N(C)C)C(=O)N(S(=O)(=O)c3ccc(OC)cc3)c3ccc(Cl)cc32)c(OC)c1. The molecule has 1 fully saturated rings. The van der Waals surface area contributed by atoms with Crippen molar-refractivity contribution in [2.24, 2.45) is 0 Å². The van der Waals surface area contributed by atoms with Gasteiger partial charge in [-0.1, -0.05) is 37.6 Å². The molecule has 0 spiro atoms. The molecule has 3 aromatic rings. The number of rotatable bonds is 11. The summed E-state index contributed by atoms with van der Waals surface area (Å²) in [5.41, 5.74) is 0.211. The zero-order valence-corrected chi connectivity index (χ0v) is 28.7. The Balaban J connectivity index is 1.81. The van der Waals surface area contributed by atoms with Crippen molar-refractivity contribution in [3.05, 3.63) is 82.4 Å². The van der Waals surface area contributed by atoms with Crippen LogP contribution in [0.4, 0.5) is 5.69 Å². The third-order valence-corrected chi connectivity index (χ3v) is 11.0. The Hall–Kier alpha value is -3.64. The van der Waals surface area contributed by atoms with Gasteiger partial charge in [-0.25, -0.2) is 12.7 Å². The number of sulfonamides is 1. The number of carbonyl (C=O) groups is 2. The molecule has 1 saturated heterocycles. The molecule has 2 heterocycles. The number of amides is 2. The van der Waals surface area contributed by atoms with Crippen LogP contribution in [0.5, 0.6) is 11.5 Å². The molecular weight excluding hydrogens is 628 g/mol. The van der Waals surface area contributed by atoms with Crippen molar-refractivity contribution in [1.29, 1.82) is 0 Å². The lowest BCUT2D eigenvalue weighted by atomic mass is 9.80. The largest absolute Gasteiger partial charge is 0.497 e. The Kier molecular flexibility index (Phi) is 9.70. The summed E-state index contributed by atoms with van der Waals surface area (Å²) >= 11 is 6.62. The number of halogens is 1. The van der Waals surface area contributed by atoms with Gasteiger partial charge >= 0.3 is 0 Å². The molecule has 0 saturated carbocycles. The van der Waals surface area contributed by atoms with E-state index in [0.29, 0.717) is 53.6 Å². The first-order valence-electron chi connectivity index (χ1n) is 15.4. The highest BCUT2D eigenvalue weighted by Gasteiger charge is 2.63. The minimum atomic E-state index is -4.44. The van der Waals surface area contributed by atoms with E-state index in [1.807, 2.05) is 23.1 Å². The molecule has 0 N–H and O–H groups in total. The van der Waals surface area contributed by atoms with E-state index in [4.69, 9.17) is 21.1 Å². The van der Waals surface area contributed by atoms with Gasteiger partial charge in [-0.05, 0) is 80.0 Å². The molecule has 246 valence electrons. The number of carbonyl (C=O) groups excluding carboxylic acids is 2. The summed E-state index contributed by atoms with van der Waals surface area (Å²) in [6.07, 6.45) is 1.12. The van der Waals surface area contributed by atoms with E-state index in [-0.39, 0.29) is 16.5 Å². The molecule has 2 atom stereocenters. The van der Waals surface area contributed by atoms with Crippen LogP contribution in [0.2, 0.25) is 5.02 Å². The summed E-state index contributed by atoms with van der Waals surface area (Å²) in [6.45, 7) is 6.92. The van der Waals surface area contributed by atoms with Crippen LogP contribution in [-0.2, 0) is 31.7 Å².